The van der Waals surface area contributed by atoms with E-state index in [2.05, 4.69) is 0 Å². The monoisotopic (exact) mass is 305 g/mol. The van der Waals surface area contributed by atoms with Gasteiger partial charge in [-0.2, -0.15) is 0 Å². The number of rotatable bonds is 5. The summed E-state index contributed by atoms with van der Waals surface area (Å²) in [6.45, 7) is 5.39. The summed E-state index contributed by atoms with van der Waals surface area (Å²) in [4.78, 5) is 24.9. The van der Waals surface area contributed by atoms with Gasteiger partial charge < -0.3 is 14.7 Å². The number of aromatic carboxylic acids is 1. The van der Waals surface area contributed by atoms with E-state index in [9.17, 15) is 9.59 Å². The molecule has 0 unspecified atom stereocenters. The maximum Gasteiger partial charge on any atom is 0.335 e. The van der Waals surface area contributed by atoms with Crippen LogP contribution >= 0.6 is 0 Å². The summed E-state index contributed by atoms with van der Waals surface area (Å²) in [5, 5.41) is 8.94. The number of ether oxygens (including phenoxy) is 1. The lowest BCUT2D eigenvalue weighted by molar-refractivity contribution is -0.138. The van der Waals surface area contributed by atoms with Gasteiger partial charge in [-0.05, 0) is 44.4 Å². The molecular formula is C17H23NO4. The summed E-state index contributed by atoms with van der Waals surface area (Å²) in [7, 11) is 0. The fourth-order valence-corrected chi connectivity index (χ4v) is 2.70. The van der Waals surface area contributed by atoms with Crippen molar-refractivity contribution in [3.8, 4) is 0 Å². The topological polar surface area (TPSA) is 66.8 Å². The zero-order chi connectivity index (χ0) is 16.1. The smallest absolute Gasteiger partial charge is 0.335 e. The predicted molar refractivity (Wildman–Crippen MR) is 83.0 cm³/mol. The van der Waals surface area contributed by atoms with Gasteiger partial charge in [0.25, 0.3) is 0 Å². The van der Waals surface area contributed by atoms with Gasteiger partial charge in [0.2, 0.25) is 5.91 Å². The molecule has 5 heteroatoms. The van der Waals surface area contributed by atoms with Crippen LogP contribution in [0.5, 0.6) is 0 Å². The fraction of sp³-hybridized carbons (Fsp3) is 0.529. The first kappa shape index (κ1) is 16.5. The largest absolute Gasteiger partial charge is 0.478 e. The van der Waals surface area contributed by atoms with Crippen molar-refractivity contribution >= 4 is 11.9 Å². The molecule has 1 amide bonds. The minimum Gasteiger partial charge on any atom is -0.478 e. The van der Waals surface area contributed by atoms with Gasteiger partial charge in [-0.15, -0.1) is 0 Å². The molecule has 1 heterocycles. The van der Waals surface area contributed by atoms with Crippen LogP contribution in [0.2, 0.25) is 0 Å². The van der Waals surface area contributed by atoms with Gasteiger partial charge in [-0.1, -0.05) is 12.1 Å². The van der Waals surface area contributed by atoms with Crippen LogP contribution in [0, 0.1) is 0 Å². The number of benzene rings is 1. The molecule has 5 nitrogen and oxygen atoms in total. The SMILES string of the molecule is CC(C)OCC(=O)N1CCC[C@H](c2ccc(C(=O)O)cc2)C1. The minimum atomic E-state index is -0.919. The molecule has 1 atom stereocenters. The summed E-state index contributed by atoms with van der Waals surface area (Å²) < 4.78 is 5.38. The third-order valence-electron chi connectivity index (χ3n) is 3.94. The Bertz CT molecular complexity index is 524. The van der Waals surface area contributed by atoms with Crippen molar-refractivity contribution in [3.63, 3.8) is 0 Å². The Balaban J connectivity index is 1.97. The summed E-state index contributed by atoms with van der Waals surface area (Å²) in [5.41, 5.74) is 1.38. The van der Waals surface area contributed by atoms with E-state index in [1.807, 2.05) is 30.9 Å². The maximum absolute atomic E-state index is 12.1. The average molecular weight is 305 g/mol. The average Bonchev–Trinajstić information content (AvgIpc) is 2.52. The Hall–Kier alpha value is -1.88. The molecule has 0 bridgehead atoms. The van der Waals surface area contributed by atoms with Crippen molar-refractivity contribution in [2.45, 2.75) is 38.7 Å². The molecule has 2 rings (SSSR count). The van der Waals surface area contributed by atoms with E-state index in [1.54, 1.807) is 12.1 Å². The van der Waals surface area contributed by atoms with Crippen molar-refractivity contribution in [1.29, 1.82) is 0 Å². The number of hydrogen-bond acceptors (Lipinski definition) is 3. The summed E-state index contributed by atoms with van der Waals surface area (Å²) >= 11 is 0. The van der Waals surface area contributed by atoms with Gasteiger partial charge in [-0.3, -0.25) is 4.79 Å². The fourth-order valence-electron chi connectivity index (χ4n) is 2.70. The molecule has 1 saturated heterocycles. The molecule has 1 aromatic rings. The van der Waals surface area contributed by atoms with Crippen molar-refractivity contribution in [3.05, 3.63) is 35.4 Å². The quantitative estimate of drug-likeness (QED) is 0.907. The summed E-state index contributed by atoms with van der Waals surface area (Å²) in [5.74, 6) is -0.627. The number of hydrogen-bond donors (Lipinski definition) is 1. The highest BCUT2D eigenvalue weighted by atomic mass is 16.5. The lowest BCUT2D eigenvalue weighted by Gasteiger charge is -2.33. The van der Waals surface area contributed by atoms with Crippen LogP contribution in [0.3, 0.4) is 0 Å². The van der Waals surface area contributed by atoms with Crippen LogP contribution < -0.4 is 0 Å². The zero-order valence-corrected chi connectivity index (χ0v) is 13.1. The number of carbonyl (C=O) groups excluding carboxylic acids is 1. The highest BCUT2D eigenvalue weighted by Crippen LogP contribution is 2.27. The maximum atomic E-state index is 12.1. The van der Waals surface area contributed by atoms with E-state index in [-0.39, 0.29) is 30.1 Å². The van der Waals surface area contributed by atoms with Crippen LogP contribution in [-0.2, 0) is 9.53 Å². The zero-order valence-electron chi connectivity index (χ0n) is 13.1. The number of carbonyl (C=O) groups is 2. The van der Waals surface area contributed by atoms with Crippen LogP contribution in [0.4, 0.5) is 0 Å². The number of carboxylic acids is 1. The van der Waals surface area contributed by atoms with E-state index in [1.165, 1.54) is 0 Å². The molecule has 1 aliphatic heterocycles. The number of nitrogens with zero attached hydrogens (tertiary/aromatic N) is 1. The Kier molecular flexibility index (Phi) is 5.55. The van der Waals surface area contributed by atoms with Gasteiger partial charge in [0.15, 0.2) is 0 Å². The third-order valence-corrected chi connectivity index (χ3v) is 3.94. The highest BCUT2D eigenvalue weighted by Gasteiger charge is 2.25. The summed E-state index contributed by atoms with van der Waals surface area (Å²) in [6.07, 6.45) is 2.02. The van der Waals surface area contributed by atoms with Gasteiger partial charge in [0.1, 0.15) is 6.61 Å². The van der Waals surface area contributed by atoms with Crippen molar-refractivity contribution in [1.82, 2.24) is 4.90 Å². The number of piperidine rings is 1. The van der Waals surface area contributed by atoms with Crippen molar-refractivity contribution < 1.29 is 19.4 Å². The number of amides is 1. The molecule has 0 radical (unpaired) electrons. The van der Waals surface area contributed by atoms with Crippen molar-refractivity contribution in [2.24, 2.45) is 0 Å². The second-order valence-corrected chi connectivity index (χ2v) is 5.97. The minimum absolute atomic E-state index is 0.0283. The predicted octanol–water partition coefficient (Wildman–Crippen LogP) is 2.52. The van der Waals surface area contributed by atoms with Crippen LogP contribution in [-0.4, -0.2) is 47.7 Å². The van der Waals surface area contributed by atoms with Gasteiger partial charge in [0, 0.05) is 19.0 Å². The Morgan fingerprint density at radius 3 is 2.59 bits per heavy atom. The van der Waals surface area contributed by atoms with E-state index < -0.39 is 5.97 Å². The van der Waals surface area contributed by atoms with Crippen LogP contribution in [0.15, 0.2) is 24.3 Å². The first-order valence-electron chi connectivity index (χ1n) is 7.70. The van der Waals surface area contributed by atoms with E-state index in [4.69, 9.17) is 9.84 Å². The first-order chi connectivity index (χ1) is 10.5. The van der Waals surface area contributed by atoms with Crippen LogP contribution in [0.1, 0.15) is 48.5 Å². The molecule has 22 heavy (non-hydrogen) atoms. The molecule has 1 N–H and O–H groups in total. The lowest BCUT2D eigenvalue weighted by Crippen LogP contribution is -2.41. The van der Waals surface area contributed by atoms with E-state index >= 15 is 0 Å². The number of likely N-dealkylation sites (tertiary alicyclic amines) is 1. The Labute approximate surface area is 130 Å². The van der Waals surface area contributed by atoms with Crippen LogP contribution in [0.25, 0.3) is 0 Å². The highest BCUT2D eigenvalue weighted by molar-refractivity contribution is 5.87. The van der Waals surface area contributed by atoms with Gasteiger partial charge in [-0.25, -0.2) is 4.79 Å². The summed E-state index contributed by atoms with van der Waals surface area (Å²) in [6, 6.07) is 6.96. The normalized spacial score (nSPS) is 18.5. The number of carboxylic acid groups (broad SMARTS) is 1. The third kappa shape index (κ3) is 4.31. The molecular weight excluding hydrogens is 282 g/mol. The van der Waals surface area contributed by atoms with E-state index in [0.29, 0.717) is 6.54 Å². The standard InChI is InChI=1S/C17H23NO4/c1-12(2)22-11-16(19)18-9-3-4-15(10-18)13-5-7-14(8-6-13)17(20)21/h5-8,12,15H,3-4,9-11H2,1-2H3,(H,20,21)/t15-/m0/s1. The molecule has 120 valence electrons. The lowest BCUT2D eigenvalue weighted by atomic mass is 9.90. The van der Waals surface area contributed by atoms with Gasteiger partial charge in [0.05, 0.1) is 11.7 Å². The second-order valence-electron chi connectivity index (χ2n) is 5.97. The van der Waals surface area contributed by atoms with Crippen molar-refractivity contribution in [2.75, 3.05) is 19.7 Å². The Morgan fingerprint density at radius 1 is 1.32 bits per heavy atom. The van der Waals surface area contributed by atoms with E-state index in [0.717, 1.165) is 24.9 Å². The molecule has 1 aliphatic rings. The first-order valence-corrected chi connectivity index (χ1v) is 7.70. The molecule has 0 aromatic heterocycles. The van der Waals surface area contributed by atoms with Gasteiger partial charge >= 0.3 is 5.97 Å². The second kappa shape index (κ2) is 7.40. The molecule has 0 spiro atoms. The molecule has 0 aliphatic carbocycles. The Morgan fingerprint density at radius 2 is 2.00 bits per heavy atom. The molecule has 0 saturated carbocycles. The molecule has 1 aromatic carbocycles. The molecule has 1 fully saturated rings.